The van der Waals surface area contributed by atoms with E-state index in [1.807, 2.05) is 0 Å². The minimum absolute atomic E-state index is 0.180. The van der Waals surface area contributed by atoms with Crippen LogP contribution in [0.25, 0.3) is 0 Å². The molecule has 0 unspecified atom stereocenters. The molecule has 0 bridgehead atoms. The molecule has 120 valence electrons. The van der Waals surface area contributed by atoms with Crippen LogP contribution in [0.2, 0.25) is 0 Å². The number of hydrogen-bond donors (Lipinski definition) is 1. The largest absolute Gasteiger partial charge is 0.493 e. The summed E-state index contributed by atoms with van der Waals surface area (Å²) in [5.41, 5.74) is 0.531. The summed E-state index contributed by atoms with van der Waals surface area (Å²) in [5.74, 6) is 2.55. The fourth-order valence-electron chi connectivity index (χ4n) is 1.91. The minimum Gasteiger partial charge on any atom is -0.493 e. The van der Waals surface area contributed by atoms with E-state index >= 15 is 0 Å². The van der Waals surface area contributed by atoms with Gasteiger partial charge >= 0.3 is 0 Å². The van der Waals surface area contributed by atoms with Crippen molar-refractivity contribution in [1.82, 2.24) is 5.32 Å². The Morgan fingerprint density at radius 3 is 2.86 bits per heavy atom. The van der Waals surface area contributed by atoms with Crippen molar-refractivity contribution in [3.05, 3.63) is 23.8 Å². The van der Waals surface area contributed by atoms with Crippen LogP contribution in [0, 0.1) is 5.92 Å². The molecule has 1 aromatic rings. The molecule has 0 saturated carbocycles. The molecular weight excluding hydrogens is 300 g/mol. The van der Waals surface area contributed by atoms with Crippen LogP contribution in [-0.2, 0) is 0 Å². The quantitative estimate of drug-likeness (QED) is 0.875. The molecule has 1 aliphatic rings. The molecule has 0 aliphatic carbocycles. The lowest BCUT2D eigenvalue weighted by atomic mass is 10.1. The number of amides is 1. The summed E-state index contributed by atoms with van der Waals surface area (Å²) in [5, 5.41) is 3.48. The molecule has 0 saturated heterocycles. The van der Waals surface area contributed by atoms with Crippen LogP contribution in [0.15, 0.2) is 23.2 Å². The van der Waals surface area contributed by atoms with Gasteiger partial charge in [0.25, 0.3) is 5.91 Å². The third-order valence-electron chi connectivity index (χ3n) is 3.18. The van der Waals surface area contributed by atoms with Crippen molar-refractivity contribution in [2.75, 3.05) is 26.0 Å². The zero-order chi connectivity index (χ0) is 15.9. The van der Waals surface area contributed by atoms with Gasteiger partial charge in [0.1, 0.15) is 0 Å². The Bertz CT molecular complexity index is 558. The third kappa shape index (κ3) is 4.66. The molecule has 5 nitrogen and oxygen atoms in total. The number of ether oxygens (including phenoxy) is 2. The van der Waals surface area contributed by atoms with Crippen molar-refractivity contribution in [2.24, 2.45) is 10.9 Å². The maximum atomic E-state index is 12.2. The SMILES string of the molecule is COc1cc(C(=O)NC2=NCCS2)ccc1OCCC(C)C. The van der Waals surface area contributed by atoms with Crippen LogP contribution in [0.5, 0.6) is 11.5 Å². The highest BCUT2D eigenvalue weighted by Crippen LogP contribution is 2.28. The number of carbonyl (C=O) groups excluding carboxylic acids is 1. The van der Waals surface area contributed by atoms with Gasteiger partial charge in [-0.2, -0.15) is 0 Å². The maximum Gasteiger partial charge on any atom is 0.257 e. The zero-order valence-corrected chi connectivity index (χ0v) is 14.0. The lowest BCUT2D eigenvalue weighted by Crippen LogP contribution is -2.27. The Morgan fingerprint density at radius 1 is 1.41 bits per heavy atom. The molecule has 6 heteroatoms. The van der Waals surface area contributed by atoms with Gasteiger partial charge in [-0.25, -0.2) is 0 Å². The topological polar surface area (TPSA) is 59.9 Å². The standard InChI is InChI=1S/C16H22N2O3S/c1-11(2)6-8-21-13-5-4-12(10-14(13)20-3)15(19)18-16-17-7-9-22-16/h4-5,10-11H,6-9H2,1-3H3,(H,17,18,19). The average molecular weight is 322 g/mol. The number of aliphatic imine (C=N–C) groups is 1. The second-order valence-electron chi connectivity index (χ2n) is 5.39. The summed E-state index contributed by atoms with van der Waals surface area (Å²) in [6.45, 7) is 5.69. The predicted octanol–water partition coefficient (Wildman–Crippen LogP) is 2.95. The Balaban J connectivity index is 2.02. The van der Waals surface area contributed by atoms with Crippen LogP contribution in [0.3, 0.4) is 0 Å². The molecule has 2 rings (SSSR count). The predicted molar refractivity (Wildman–Crippen MR) is 90.2 cm³/mol. The fraction of sp³-hybridized carbons (Fsp3) is 0.500. The van der Waals surface area contributed by atoms with E-state index in [9.17, 15) is 4.79 Å². The second kappa shape index (κ2) is 8.08. The van der Waals surface area contributed by atoms with Crippen molar-refractivity contribution in [1.29, 1.82) is 0 Å². The number of nitrogens with one attached hydrogen (secondary N) is 1. The van der Waals surface area contributed by atoms with E-state index < -0.39 is 0 Å². The molecule has 0 spiro atoms. The van der Waals surface area contributed by atoms with Crippen molar-refractivity contribution in [3.63, 3.8) is 0 Å². The Kier molecular flexibility index (Phi) is 6.12. The van der Waals surface area contributed by atoms with Gasteiger partial charge in [0, 0.05) is 11.3 Å². The van der Waals surface area contributed by atoms with Gasteiger partial charge in [-0.05, 0) is 30.5 Å². The number of nitrogens with zero attached hydrogens (tertiary/aromatic N) is 1. The first-order valence-electron chi connectivity index (χ1n) is 7.39. The van der Waals surface area contributed by atoms with E-state index in [1.165, 1.54) is 0 Å². The molecule has 1 aliphatic heterocycles. The van der Waals surface area contributed by atoms with Crippen molar-refractivity contribution >= 4 is 22.8 Å². The lowest BCUT2D eigenvalue weighted by molar-refractivity contribution is 0.0977. The van der Waals surface area contributed by atoms with Crippen LogP contribution in [-0.4, -0.2) is 37.1 Å². The smallest absolute Gasteiger partial charge is 0.257 e. The van der Waals surface area contributed by atoms with Gasteiger partial charge in [-0.15, -0.1) is 0 Å². The summed E-state index contributed by atoms with van der Waals surface area (Å²) >= 11 is 1.55. The van der Waals surface area contributed by atoms with Crippen molar-refractivity contribution in [2.45, 2.75) is 20.3 Å². The van der Waals surface area contributed by atoms with E-state index in [2.05, 4.69) is 24.2 Å². The first-order chi connectivity index (χ1) is 10.6. The number of rotatable bonds is 6. The highest BCUT2D eigenvalue weighted by Gasteiger charge is 2.15. The lowest BCUT2D eigenvalue weighted by Gasteiger charge is -2.13. The number of amidine groups is 1. The summed E-state index contributed by atoms with van der Waals surface area (Å²) in [4.78, 5) is 16.4. The summed E-state index contributed by atoms with van der Waals surface area (Å²) < 4.78 is 11.0. The minimum atomic E-state index is -0.180. The third-order valence-corrected chi connectivity index (χ3v) is 4.08. The number of benzene rings is 1. The summed E-state index contributed by atoms with van der Waals surface area (Å²) in [7, 11) is 1.57. The number of thioether (sulfide) groups is 1. The van der Waals surface area contributed by atoms with Crippen LogP contribution in [0.1, 0.15) is 30.6 Å². The van der Waals surface area contributed by atoms with Crippen molar-refractivity contribution in [3.8, 4) is 11.5 Å². The van der Waals surface area contributed by atoms with Gasteiger partial charge in [0.05, 0.1) is 20.3 Å². The number of methoxy groups -OCH3 is 1. The van der Waals surface area contributed by atoms with E-state index in [-0.39, 0.29) is 5.91 Å². The Hall–Kier alpha value is -1.69. The normalized spacial score (nSPS) is 13.9. The molecule has 1 heterocycles. The second-order valence-corrected chi connectivity index (χ2v) is 6.47. The Labute approximate surface area is 135 Å². The molecule has 0 fully saturated rings. The maximum absolute atomic E-state index is 12.2. The van der Waals surface area contributed by atoms with Gasteiger partial charge < -0.3 is 14.8 Å². The van der Waals surface area contributed by atoms with Crippen LogP contribution < -0.4 is 14.8 Å². The molecule has 1 N–H and O–H groups in total. The summed E-state index contributed by atoms with van der Waals surface area (Å²) in [6, 6.07) is 5.21. The highest BCUT2D eigenvalue weighted by molar-refractivity contribution is 8.14. The van der Waals surface area contributed by atoms with E-state index in [4.69, 9.17) is 9.47 Å². The molecule has 0 aromatic heterocycles. The first kappa shape index (κ1) is 16.7. The first-order valence-corrected chi connectivity index (χ1v) is 8.38. The van der Waals surface area contributed by atoms with E-state index in [0.29, 0.717) is 34.8 Å². The van der Waals surface area contributed by atoms with Crippen molar-refractivity contribution < 1.29 is 14.3 Å². The average Bonchev–Trinajstić information content (AvgIpc) is 3.00. The van der Waals surface area contributed by atoms with Crippen LogP contribution in [0.4, 0.5) is 0 Å². The van der Waals surface area contributed by atoms with Gasteiger partial charge in [0.15, 0.2) is 16.7 Å². The molecular formula is C16H22N2O3S. The monoisotopic (exact) mass is 322 g/mol. The molecule has 1 aromatic carbocycles. The molecule has 22 heavy (non-hydrogen) atoms. The highest BCUT2D eigenvalue weighted by atomic mass is 32.2. The zero-order valence-electron chi connectivity index (χ0n) is 13.2. The van der Waals surface area contributed by atoms with E-state index in [1.54, 1.807) is 37.1 Å². The summed E-state index contributed by atoms with van der Waals surface area (Å²) in [6.07, 6.45) is 0.975. The van der Waals surface area contributed by atoms with Gasteiger partial charge in [-0.1, -0.05) is 25.6 Å². The van der Waals surface area contributed by atoms with Crippen LogP contribution >= 0.6 is 11.8 Å². The Morgan fingerprint density at radius 2 is 2.23 bits per heavy atom. The molecule has 0 radical (unpaired) electrons. The van der Waals surface area contributed by atoms with Gasteiger partial charge in [-0.3, -0.25) is 9.79 Å². The number of carbonyl (C=O) groups is 1. The molecule has 1 amide bonds. The van der Waals surface area contributed by atoms with Gasteiger partial charge in [0.2, 0.25) is 0 Å². The fourth-order valence-corrected chi connectivity index (χ4v) is 2.64. The number of hydrogen-bond acceptors (Lipinski definition) is 5. The van der Waals surface area contributed by atoms with E-state index in [0.717, 1.165) is 18.7 Å². The molecule has 0 atom stereocenters.